The summed E-state index contributed by atoms with van der Waals surface area (Å²) in [4.78, 5) is 25.4. The van der Waals surface area contributed by atoms with Crippen LogP contribution in [0.2, 0.25) is 0 Å². The second-order valence-electron chi connectivity index (χ2n) is 9.04. The maximum Gasteiger partial charge on any atom is 0.343 e. The number of methoxy groups -OCH3 is 5. The van der Waals surface area contributed by atoms with Gasteiger partial charge in [-0.05, 0) is 66.4 Å². The molecule has 1 saturated heterocycles. The smallest absolute Gasteiger partial charge is 0.343 e. The van der Waals surface area contributed by atoms with Crippen molar-refractivity contribution in [3.05, 3.63) is 71.3 Å². The second kappa shape index (κ2) is 12.4. The fraction of sp³-hybridized carbons (Fsp3) is 0.333. The highest BCUT2D eigenvalue weighted by Crippen LogP contribution is 2.35. The van der Waals surface area contributed by atoms with Crippen LogP contribution < -0.4 is 28.4 Å². The van der Waals surface area contributed by atoms with Crippen molar-refractivity contribution in [1.82, 2.24) is 0 Å². The van der Waals surface area contributed by atoms with Gasteiger partial charge in [-0.3, -0.25) is 4.79 Å². The molecule has 0 saturated carbocycles. The molecule has 0 bridgehead atoms. The predicted octanol–water partition coefficient (Wildman–Crippen LogP) is 4.52. The minimum absolute atomic E-state index is 0.0100. The summed E-state index contributed by atoms with van der Waals surface area (Å²) in [6.07, 6.45) is 1.10. The zero-order valence-electron chi connectivity index (χ0n) is 22.6. The molecule has 0 amide bonds. The van der Waals surface area contributed by atoms with Crippen molar-refractivity contribution < 1.29 is 42.7 Å². The molecule has 0 aromatic heterocycles. The lowest BCUT2D eigenvalue weighted by Gasteiger charge is -2.17. The van der Waals surface area contributed by atoms with Gasteiger partial charge in [0, 0.05) is 5.92 Å². The van der Waals surface area contributed by atoms with E-state index in [1.807, 2.05) is 24.3 Å². The molecule has 0 unspecified atom stereocenters. The standard InChI is InChI=1S/C30H32O9/c1-33-23-9-6-18(14-26(23)35-3)12-21-17-38-30(32)22(21)13-19-7-10-25(27(15-19)36-4)39-29(31)20-8-11-24(34-2)28(16-20)37-5/h6-11,14-16,21-22H,12-13,17H2,1-5H3/t21-,22+/m0/s1. The summed E-state index contributed by atoms with van der Waals surface area (Å²) in [6, 6.07) is 15.8. The van der Waals surface area contributed by atoms with Crippen LogP contribution >= 0.6 is 0 Å². The van der Waals surface area contributed by atoms with Gasteiger partial charge in [0.2, 0.25) is 0 Å². The van der Waals surface area contributed by atoms with Gasteiger partial charge < -0.3 is 33.2 Å². The first-order valence-electron chi connectivity index (χ1n) is 12.4. The summed E-state index contributed by atoms with van der Waals surface area (Å²) in [7, 11) is 7.69. The van der Waals surface area contributed by atoms with Crippen LogP contribution in [0, 0.1) is 11.8 Å². The SMILES string of the molecule is COc1ccc(C[C@H]2COC(=O)[C@@H]2Cc2ccc(OC(=O)c3ccc(OC)c(OC)c3)c(OC)c2)cc1OC. The van der Waals surface area contributed by atoms with Gasteiger partial charge in [0.25, 0.3) is 0 Å². The molecule has 0 spiro atoms. The zero-order chi connectivity index (χ0) is 27.9. The molecule has 2 atom stereocenters. The molecule has 9 heteroatoms. The molecule has 0 aliphatic carbocycles. The molecule has 3 aromatic rings. The Kier molecular flexibility index (Phi) is 8.81. The molecule has 0 radical (unpaired) electrons. The Morgan fingerprint density at radius 3 is 1.82 bits per heavy atom. The van der Waals surface area contributed by atoms with Gasteiger partial charge in [-0.2, -0.15) is 0 Å². The Morgan fingerprint density at radius 2 is 1.21 bits per heavy atom. The predicted molar refractivity (Wildman–Crippen MR) is 142 cm³/mol. The molecule has 39 heavy (non-hydrogen) atoms. The van der Waals surface area contributed by atoms with Gasteiger partial charge in [-0.15, -0.1) is 0 Å². The quantitative estimate of drug-likeness (QED) is 0.259. The largest absolute Gasteiger partial charge is 0.493 e. The third-order valence-electron chi connectivity index (χ3n) is 6.76. The van der Waals surface area contributed by atoms with Crippen LogP contribution in [0.5, 0.6) is 34.5 Å². The average molecular weight is 537 g/mol. The molecule has 1 aliphatic rings. The van der Waals surface area contributed by atoms with Crippen LogP contribution in [0.4, 0.5) is 0 Å². The van der Waals surface area contributed by atoms with E-state index in [1.54, 1.807) is 44.6 Å². The van der Waals surface area contributed by atoms with Gasteiger partial charge in [-0.25, -0.2) is 4.79 Å². The Morgan fingerprint density at radius 1 is 0.692 bits per heavy atom. The molecule has 4 rings (SSSR count). The fourth-order valence-electron chi connectivity index (χ4n) is 4.67. The van der Waals surface area contributed by atoms with Crippen LogP contribution in [0.15, 0.2) is 54.6 Å². The fourth-order valence-corrected chi connectivity index (χ4v) is 4.67. The number of rotatable bonds is 11. The summed E-state index contributed by atoms with van der Waals surface area (Å²) in [6.45, 7) is 0.343. The van der Waals surface area contributed by atoms with E-state index in [0.29, 0.717) is 53.8 Å². The lowest BCUT2D eigenvalue weighted by Crippen LogP contribution is -2.20. The summed E-state index contributed by atoms with van der Waals surface area (Å²) in [5.74, 6) is 1.70. The Balaban J connectivity index is 1.48. The van der Waals surface area contributed by atoms with Crippen molar-refractivity contribution in [3.63, 3.8) is 0 Å². The van der Waals surface area contributed by atoms with Crippen molar-refractivity contribution in [3.8, 4) is 34.5 Å². The molecule has 1 fully saturated rings. The summed E-state index contributed by atoms with van der Waals surface area (Å²) < 4.78 is 37.8. The lowest BCUT2D eigenvalue weighted by atomic mass is 9.85. The van der Waals surface area contributed by atoms with Crippen LogP contribution in [-0.4, -0.2) is 54.1 Å². The van der Waals surface area contributed by atoms with E-state index in [1.165, 1.54) is 21.3 Å². The van der Waals surface area contributed by atoms with Gasteiger partial charge in [0.05, 0.1) is 53.6 Å². The summed E-state index contributed by atoms with van der Waals surface area (Å²) in [5.41, 5.74) is 2.18. The highest BCUT2D eigenvalue weighted by Gasteiger charge is 2.37. The Bertz CT molecular complexity index is 1330. The van der Waals surface area contributed by atoms with Gasteiger partial charge >= 0.3 is 11.9 Å². The third-order valence-corrected chi connectivity index (χ3v) is 6.76. The van der Waals surface area contributed by atoms with Crippen LogP contribution in [-0.2, 0) is 22.4 Å². The van der Waals surface area contributed by atoms with Crippen molar-refractivity contribution in [2.75, 3.05) is 42.2 Å². The highest BCUT2D eigenvalue weighted by molar-refractivity contribution is 5.92. The monoisotopic (exact) mass is 536 g/mol. The maximum atomic E-state index is 12.8. The molecule has 206 valence electrons. The number of carbonyl (C=O) groups excluding carboxylic acids is 2. The number of esters is 2. The number of benzene rings is 3. The highest BCUT2D eigenvalue weighted by atomic mass is 16.6. The molecule has 0 N–H and O–H groups in total. The molecule has 9 nitrogen and oxygen atoms in total. The second-order valence-corrected chi connectivity index (χ2v) is 9.04. The van der Waals surface area contributed by atoms with Crippen LogP contribution in [0.3, 0.4) is 0 Å². The number of cyclic esters (lactones) is 1. The average Bonchev–Trinajstić information content (AvgIpc) is 3.30. The number of ether oxygens (including phenoxy) is 7. The molecular formula is C30H32O9. The van der Waals surface area contributed by atoms with Crippen molar-refractivity contribution in [2.24, 2.45) is 11.8 Å². The first-order valence-corrected chi connectivity index (χ1v) is 12.4. The summed E-state index contributed by atoms with van der Waals surface area (Å²) >= 11 is 0. The Hall–Kier alpha value is -4.40. The number of hydrogen-bond donors (Lipinski definition) is 0. The van der Waals surface area contributed by atoms with Gasteiger partial charge in [0.1, 0.15) is 0 Å². The van der Waals surface area contributed by atoms with Crippen molar-refractivity contribution in [1.29, 1.82) is 0 Å². The molecule has 1 aliphatic heterocycles. The minimum atomic E-state index is -0.573. The first-order chi connectivity index (χ1) is 18.9. The van der Waals surface area contributed by atoms with E-state index in [4.69, 9.17) is 33.2 Å². The van der Waals surface area contributed by atoms with Crippen molar-refractivity contribution >= 4 is 11.9 Å². The van der Waals surface area contributed by atoms with Gasteiger partial charge in [0.15, 0.2) is 34.5 Å². The van der Waals surface area contributed by atoms with E-state index in [9.17, 15) is 9.59 Å². The van der Waals surface area contributed by atoms with Crippen molar-refractivity contribution in [2.45, 2.75) is 12.8 Å². The maximum absolute atomic E-state index is 12.8. The van der Waals surface area contributed by atoms with E-state index < -0.39 is 5.97 Å². The Labute approximate surface area is 227 Å². The molecule has 1 heterocycles. The lowest BCUT2D eigenvalue weighted by molar-refractivity contribution is -0.141. The number of carbonyl (C=O) groups is 2. The van der Waals surface area contributed by atoms with E-state index in [-0.39, 0.29) is 23.6 Å². The van der Waals surface area contributed by atoms with E-state index >= 15 is 0 Å². The molecule has 3 aromatic carbocycles. The number of hydrogen-bond acceptors (Lipinski definition) is 9. The van der Waals surface area contributed by atoms with E-state index in [0.717, 1.165) is 11.1 Å². The normalized spacial score (nSPS) is 16.3. The molecular weight excluding hydrogens is 504 g/mol. The van der Waals surface area contributed by atoms with Crippen LogP contribution in [0.1, 0.15) is 21.5 Å². The topological polar surface area (TPSA) is 98.8 Å². The first kappa shape index (κ1) is 27.6. The van der Waals surface area contributed by atoms with Gasteiger partial charge in [-0.1, -0.05) is 12.1 Å². The zero-order valence-corrected chi connectivity index (χ0v) is 22.6. The minimum Gasteiger partial charge on any atom is -0.493 e. The third kappa shape index (κ3) is 6.19. The van der Waals surface area contributed by atoms with E-state index in [2.05, 4.69) is 0 Å². The van der Waals surface area contributed by atoms with Crippen LogP contribution in [0.25, 0.3) is 0 Å². The summed E-state index contributed by atoms with van der Waals surface area (Å²) in [5, 5.41) is 0.